The molecule has 1 aromatic heterocycles. The van der Waals surface area contributed by atoms with Crippen molar-refractivity contribution in [2.75, 3.05) is 14.2 Å². The zero-order valence-electron chi connectivity index (χ0n) is 13.8. The number of methoxy groups -OCH3 is 2. The van der Waals surface area contributed by atoms with E-state index >= 15 is 0 Å². The van der Waals surface area contributed by atoms with Crippen LogP contribution in [0.5, 0.6) is 11.6 Å². The minimum atomic E-state index is -0.337. The fourth-order valence-corrected chi connectivity index (χ4v) is 2.56. The maximum Gasteiger partial charge on any atom is 0.232 e. The van der Waals surface area contributed by atoms with Gasteiger partial charge in [0.1, 0.15) is 23.2 Å². The summed E-state index contributed by atoms with van der Waals surface area (Å²) in [5.74, 6) is 0.587. The largest absolute Gasteiger partial charge is 0.497 e. The van der Waals surface area contributed by atoms with E-state index in [1.54, 1.807) is 25.3 Å². The molecule has 124 valence electrons. The van der Waals surface area contributed by atoms with Crippen molar-refractivity contribution in [2.24, 2.45) is 0 Å². The van der Waals surface area contributed by atoms with E-state index in [0.717, 1.165) is 5.56 Å². The second kappa shape index (κ2) is 7.02. The van der Waals surface area contributed by atoms with Crippen molar-refractivity contribution < 1.29 is 13.9 Å². The summed E-state index contributed by atoms with van der Waals surface area (Å²) in [6, 6.07) is 17.3. The first-order chi connectivity index (χ1) is 12.2. The van der Waals surface area contributed by atoms with Crippen LogP contribution in [0.4, 0.5) is 4.39 Å². The summed E-state index contributed by atoms with van der Waals surface area (Å²) in [7, 11) is 3.06. The molecule has 2 aromatic carbocycles. The van der Waals surface area contributed by atoms with E-state index in [9.17, 15) is 9.65 Å². The average Bonchev–Trinajstić information content (AvgIpc) is 2.67. The number of nitriles is 1. The number of hydrogen-bond acceptors (Lipinski definition) is 4. The van der Waals surface area contributed by atoms with Gasteiger partial charge in [-0.3, -0.25) is 0 Å². The molecule has 3 aromatic rings. The fraction of sp³-hybridized carbons (Fsp3) is 0.100. The summed E-state index contributed by atoms with van der Waals surface area (Å²) in [5, 5.41) is 9.53. The third-order valence-electron chi connectivity index (χ3n) is 3.81. The molecule has 0 aliphatic heterocycles. The third kappa shape index (κ3) is 3.29. The smallest absolute Gasteiger partial charge is 0.232 e. The summed E-state index contributed by atoms with van der Waals surface area (Å²) in [6.07, 6.45) is 0. The highest BCUT2D eigenvalue weighted by Gasteiger charge is 2.16. The molecule has 25 heavy (non-hydrogen) atoms. The van der Waals surface area contributed by atoms with Gasteiger partial charge in [-0.05, 0) is 35.9 Å². The van der Waals surface area contributed by atoms with Crippen molar-refractivity contribution >= 4 is 0 Å². The summed E-state index contributed by atoms with van der Waals surface area (Å²) in [6.45, 7) is 0. The first-order valence-electron chi connectivity index (χ1n) is 7.55. The molecule has 0 aliphatic carbocycles. The van der Waals surface area contributed by atoms with Crippen molar-refractivity contribution in [3.63, 3.8) is 0 Å². The van der Waals surface area contributed by atoms with Crippen LogP contribution >= 0.6 is 0 Å². The van der Waals surface area contributed by atoms with Gasteiger partial charge in [0.15, 0.2) is 0 Å². The van der Waals surface area contributed by atoms with Crippen molar-refractivity contribution in [3.8, 4) is 40.1 Å². The van der Waals surface area contributed by atoms with Gasteiger partial charge in [-0.1, -0.05) is 24.3 Å². The Morgan fingerprint density at radius 2 is 1.72 bits per heavy atom. The minimum Gasteiger partial charge on any atom is -0.497 e. The molecule has 0 saturated heterocycles. The molecular formula is C20H15FN2O2. The zero-order chi connectivity index (χ0) is 17.8. The van der Waals surface area contributed by atoms with Crippen LogP contribution in [0.3, 0.4) is 0 Å². The quantitative estimate of drug-likeness (QED) is 0.707. The molecule has 1 heterocycles. The predicted octanol–water partition coefficient (Wildman–Crippen LogP) is 4.44. The normalized spacial score (nSPS) is 10.2. The molecule has 3 rings (SSSR count). The van der Waals surface area contributed by atoms with Gasteiger partial charge in [0, 0.05) is 11.1 Å². The van der Waals surface area contributed by atoms with Crippen LogP contribution in [0.2, 0.25) is 0 Å². The minimum absolute atomic E-state index is 0.224. The molecule has 5 heteroatoms. The topological polar surface area (TPSA) is 55.1 Å². The van der Waals surface area contributed by atoms with Gasteiger partial charge in [-0.25, -0.2) is 9.37 Å². The Balaban J connectivity index is 2.23. The summed E-state index contributed by atoms with van der Waals surface area (Å²) < 4.78 is 23.8. The molecule has 4 nitrogen and oxygen atoms in total. The lowest BCUT2D eigenvalue weighted by atomic mass is 9.98. The third-order valence-corrected chi connectivity index (χ3v) is 3.81. The number of aromatic nitrogens is 1. The number of hydrogen-bond donors (Lipinski definition) is 0. The first kappa shape index (κ1) is 16.5. The van der Waals surface area contributed by atoms with Crippen molar-refractivity contribution in [3.05, 3.63) is 66.0 Å². The molecule has 0 fully saturated rings. The fourth-order valence-electron chi connectivity index (χ4n) is 2.56. The van der Waals surface area contributed by atoms with E-state index in [1.165, 1.54) is 19.2 Å². The van der Waals surface area contributed by atoms with E-state index in [-0.39, 0.29) is 11.7 Å². The molecule has 0 bridgehead atoms. The molecule has 0 amide bonds. The Kier molecular flexibility index (Phi) is 4.62. The standard InChI is InChI=1S/C20H15FN2O2/c1-24-16-5-3-4-14(10-16)19-11-17(13-6-8-15(21)9-7-13)18(12-22)20(23-19)25-2/h3-11H,1-2H3. The number of ether oxygens (including phenoxy) is 2. The van der Waals surface area contributed by atoms with Crippen LogP contribution in [0.1, 0.15) is 5.56 Å². The number of nitrogens with zero attached hydrogens (tertiary/aromatic N) is 2. The van der Waals surface area contributed by atoms with Gasteiger partial charge >= 0.3 is 0 Å². The molecule has 0 N–H and O–H groups in total. The van der Waals surface area contributed by atoms with Crippen molar-refractivity contribution in [1.29, 1.82) is 5.26 Å². The summed E-state index contributed by atoms with van der Waals surface area (Å²) in [5.41, 5.74) is 3.11. The zero-order valence-corrected chi connectivity index (χ0v) is 13.8. The number of pyridine rings is 1. The lowest BCUT2D eigenvalue weighted by molar-refractivity contribution is 0.397. The second-order valence-corrected chi connectivity index (χ2v) is 5.29. The number of halogens is 1. The maximum atomic E-state index is 13.2. The first-order valence-corrected chi connectivity index (χ1v) is 7.55. The maximum absolute atomic E-state index is 13.2. The van der Waals surface area contributed by atoms with Gasteiger partial charge < -0.3 is 9.47 Å². The van der Waals surface area contributed by atoms with E-state index in [2.05, 4.69) is 11.1 Å². The highest BCUT2D eigenvalue weighted by Crippen LogP contribution is 2.34. The highest BCUT2D eigenvalue weighted by atomic mass is 19.1. The molecule has 0 unspecified atom stereocenters. The van der Waals surface area contributed by atoms with Gasteiger partial charge in [0.2, 0.25) is 5.88 Å². The Hall–Kier alpha value is -3.39. The molecule has 0 spiro atoms. The Bertz CT molecular complexity index is 947. The second-order valence-electron chi connectivity index (χ2n) is 5.29. The number of benzene rings is 2. The summed E-state index contributed by atoms with van der Waals surface area (Å²) in [4.78, 5) is 4.44. The van der Waals surface area contributed by atoms with Crippen molar-refractivity contribution in [1.82, 2.24) is 4.98 Å². The van der Waals surface area contributed by atoms with Gasteiger partial charge in [0.05, 0.1) is 19.9 Å². The van der Waals surface area contributed by atoms with E-state index in [1.807, 2.05) is 24.3 Å². The van der Waals surface area contributed by atoms with Crippen LogP contribution in [0.25, 0.3) is 22.4 Å². The Labute approximate surface area is 145 Å². The van der Waals surface area contributed by atoms with Crippen LogP contribution in [0.15, 0.2) is 54.6 Å². The van der Waals surface area contributed by atoms with E-state index in [4.69, 9.17) is 9.47 Å². The van der Waals surface area contributed by atoms with Gasteiger partial charge in [-0.2, -0.15) is 5.26 Å². The predicted molar refractivity (Wildman–Crippen MR) is 92.9 cm³/mol. The van der Waals surface area contributed by atoms with Crippen LogP contribution < -0.4 is 9.47 Å². The highest BCUT2D eigenvalue weighted by molar-refractivity contribution is 5.78. The monoisotopic (exact) mass is 334 g/mol. The van der Waals surface area contributed by atoms with Crippen LogP contribution in [0, 0.1) is 17.1 Å². The molecular weight excluding hydrogens is 319 g/mol. The van der Waals surface area contributed by atoms with Crippen LogP contribution in [-0.4, -0.2) is 19.2 Å². The molecule has 0 aliphatic rings. The summed E-state index contributed by atoms with van der Waals surface area (Å²) >= 11 is 0. The van der Waals surface area contributed by atoms with Crippen molar-refractivity contribution in [2.45, 2.75) is 0 Å². The van der Waals surface area contributed by atoms with Crippen LogP contribution in [-0.2, 0) is 0 Å². The molecule has 0 saturated carbocycles. The van der Waals surface area contributed by atoms with E-state index in [0.29, 0.717) is 28.1 Å². The molecule has 0 radical (unpaired) electrons. The Morgan fingerprint density at radius 1 is 0.960 bits per heavy atom. The van der Waals surface area contributed by atoms with Gasteiger partial charge in [-0.15, -0.1) is 0 Å². The lowest BCUT2D eigenvalue weighted by Crippen LogP contribution is -1.98. The van der Waals surface area contributed by atoms with Gasteiger partial charge in [0.25, 0.3) is 0 Å². The molecule has 0 atom stereocenters. The van der Waals surface area contributed by atoms with E-state index < -0.39 is 0 Å². The SMILES string of the molecule is COc1cccc(-c2cc(-c3ccc(F)cc3)c(C#N)c(OC)n2)c1. The average molecular weight is 334 g/mol. The lowest BCUT2D eigenvalue weighted by Gasteiger charge is -2.12. The number of rotatable bonds is 4. The Morgan fingerprint density at radius 3 is 2.36 bits per heavy atom.